The highest BCUT2D eigenvalue weighted by molar-refractivity contribution is 5.43. The van der Waals surface area contributed by atoms with E-state index in [2.05, 4.69) is 18.8 Å². The van der Waals surface area contributed by atoms with Gasteiger partial charge in [0.15, 0.2) is 0 Å². The quantitative estimate of drug-likeness (QED) is 0.802. The molecule has 0 aliphatic carbocycles. The van der Waals surface area contributed by atoms with E-state index in [1.165, 1.54) is 0 Å². The highest BCUT2D eigenvalue weighted by Crippen LogP contribution is 2.30. The van der Waals surface area contributed by atoms with Crippen molar-refractivity contribution >= 4 is 0 Å². The fourth-order valence-corrected chi connectivity index (χ4v) is 1.49. The number of nitrogens with zero attached hydrogens (tertiary/aromatic N) is 1. The van der Waals surface area contributed by atoms with Gasteiger partial charge < -0.3 is 9.84 Å². The Morgan fingerprint density at radius 2 is 2.14 bits per heavy atom. The summed E-state index contributed by atoms with van der Waals surface area (Å²) in [6, 6.07) is 0. The number of pyridine rings is 1. The molecule has 14 heavy (non-hydrogen) atoms. The second-order valence-electron chi connectivity index (χ2n) is 3.63. The molecule has 0 aliphatic rings. The van der Waals surface area contributed by atoms with E-state index in [4.69, 9.17) is 9.84 Å². The normalized spacial score (nSPS) is 10.7. The summed E-state index contributed by atoms with van der Waals surface area (Å²) in [6.45, 7) is 6.07. The maximum absolute atomic E-state index is 9.05. The standard InChI is InChI=1S/C11H17NO2/c1-7(2)9-5-12-10(6-13)8(3)11(9)14-4/h5,7,13H,6H2,1-4H3. The summed E-state index contributed by atoms with van der Waals surface area (Å²) in [7, 11) is 1.65. The summed E-state index contributed by atoms with van der Waals surface area (Å²) < 4.78 is 5.33. The molecule has 1 heterocycles. The van der Waals surface area contributed by atoms with E-state index in [-0.39, 0.29) is 6.61 Å². The van der Waals surface area contributed by atoms with E-state index in [0.717, 1.165) is 16.9 Å². The van der Waals surface area contributed by atoms with Crippen LogP contribution in [0.15, 0.2) is 6.20 Å². The lowest BCUT2D eigenvalue weighted by Gasteiger charge is -2.15. The van der Waals surface area contributed by atoms with Crippen LogP contribution < -0.4 is 4.74 Å². The van der Waals surface area contributed by atoms with E-state index in [0.29, 0.717) is 11.6 Å². The van der Waals surface area contributed by atoms with Crippen LogP contribution in [0.25, 0.3) is 0 Å². The van der Waals surface area contributed by atoms with Crippen molar-refractivity contribution in [2.24, 2.45) is 0 Å². The molecule has 0 unspecified atom stereocenters. The number of hydrogen-bond donors (Lipinski definition) is 1. The van der Waals surface area contributed by atoms with Crippen LogP contribution in [0, 0.1) is 6.92 Å². The molecule has 0 saturated carbocycles. The van der Waals surface area contributed by atoms with Gasteiger partial charge in [-0.05, 0) is 12.8 Å². The molecule has 0 fully saturated rings. The Labute approximate surface area is 84.7 Å². The van der Waals surface area contributed by atoms with Crippen LogP contribution in [0.1, 0.15) is 36.6 Å². The lowest BCUT2D eigenvalue weighted by atomic mass is 10.0. The lowest BCUT2D eigenvalue weighted by Crippen LogP contribution is -2.03. The predicted molar refractivity (Wildman–Crippen MR) is 55.5 cm³/mol. The summed E-state index contributed by atoms with van der Waals surface area (Å²) in [6.07, 6.45) is 1.78. The lowest BCUT2D eigenvalue weighted by molar-refractivity contribution is 0.274. The van der Waals surface area contributed by atoms with Crippen molar-refractivity contribution in [2.75, 3.05) is 7.11 Å². The number of aromatic nitrogens is 1. The van der Waals surface area contributed by atoms with Crippen LogP contribution in [-0.4, -0.2) is 17.2 Å². The highest BCUT2D eigenvalue weighted by Gasteiger charge is 2.13. The zero-order chi connectivity index (χ0) is 10.7. The molecule has 1 rings (SSSR count). The molecule has 0 aromatic carbocycles. The maximum Gasteiger partial charge on any atom is 0.128 e. The Morgan fingerprint density at radius 3 is 2.57 bits per heavy atom. The van der Waals surface area contributed by atoms with Crippen molar-refractivity contribution in [1.29, 1.82) is 0 Å². The minimum Gasteiger partial charge on any atom is -0.496 e. The summed E-state index contributed by atoms with van der Waals surface area (Å²) in [4.78, 5) is 4.20. The fraction of sp³-hybridized carbons (Fsp3) is 0.545. The predicted octanol–water partition coefficient (Wildman–Crippen LogP) is 2.01. The highest BCUT2D eigenvalue weighted by atomic mass is 16.5. The Bertz CT molecular complexity index is 321. The zero-order valence-corrected chi connectivity index (χ0v) is 9.16. The molecular formula is C11H17NO2. The van der Waals surface area contributed by atoms with E-state index in [1.54, 1.807) is 13.3 Å². The topological polar surface area (TPSA) is 42.4 Å². The Hall–Kier alpha value is -1.09. The number of rotatable bonds is 3. The largest absolute Gasteiger partial charge is 0.496 e. The summed E-state index contributed by atoms with van der Waals surface area (Å²) in [5, 5.41) is 9.05. The third-order valence-corrected chi connectivity index (χ3v) is 2.37. The average Bonchev–Trinajstić information content (AvgIpc) is 2.17. The molecule has 0 saturated heterocycles. The van der Waals surface area contributed by atoms with Crippen LogP contribution in [0.2, 0.25) is 0 Å². The number of hydrogen-bond acceptors (Lipinski definition) is 3. The van der Waals surface area contributed by atoms with Crippen molar-refractivity contribution in [3.63, 3.8) is 0 Å². The first kappa shape index (κ1) is 11.0. The second-order valence-corrected chi connectivity index (χ2v) is 3.63. The first-order chi connectivity index (χ1) is 6.61. The molecule has 1 N–H and O–H groups in total. The maximum atomic E-state index is 9.05. The van der Waals surface area contributed by atoms with Gasteiger partial charge in [0, 0.05) is 17.3 Å². The van der Waals surface area contributed by atoms with Crippen LogP contribution in [0.3, 0.4) is 0 Å². The van der Waals surface area contributed by atoms with Crippen molar-refractivity contribution in [3.8, 4) is 5.75 Å². The van der Waals surface area contributed by atoms with Gasteiger partial charge in [-0.1, -0.05) is 13.8 Å². The monoisotopic (exact) mass is 195 g/mol. The van der Waals surface area contributed by atoms with Gasteiger partial charge in [-0.2, -0.15) is 0 Å². The van der Waals surface area contributed by atoms with Crippen molar-refractivity contribution < 1.29 is 9.84 Å². The van der Waals surface area contributed by atoms with Crippen molar-refractivity contribution in [1.82, 2.24) is 4.98 Å². The van der Waals surface area contributed by atoms with Crippen molar-refractivity contribution in [3.05, 3.63) is 23.0 Å². The summed E-state index contributed by atoms with van der Waals surface area (Å²) in [5.41, 5.74) is 2.70. The number of methoxy groups -OCH3 is 1. The first-order valence-electron chi connectivity index (χ1n) is 4.75. The molecule has 1 aromatic rings. The summed E-state index contributed by atoms with van der Waals surface area (Å²) >= 11 is 0. The van der Waals surface area contributed by atoms with Gasteiger partial charge in [0.25, 0.3) is 0 Å². The van der Waals surface area contributed by atoms with Gasteiger partial charge >= 0.3 is 0 Å². The van der Waals surface area contributed by atoms with Crippen molar-refractivity contribution in [2.45, 2.75) is 33.3 Å². The van der Waals surface area contributed by atoms with Crippen LogP contribution in [0.5, 0.6) is 5.75 Å². The molecule has 3 nitrogen and oxygen atoms in total. The van der Waals surface area contributed by atoms with Gasteiger partial charge in [0.1, 0.15) is 5.75 Å². The Kier molecular flexibility index (Phi) is 3.47. The second kappa shape index (κ2) is 4.42. The SMILES string of the molecule is COc1c(C(C)C)cnc(CO)c1C. The molecule has 0 bridgehead atoms. The Balaban J connectivity index is 3.28. The van der Waals surface area contributed by atoms with Crippen LogP contribution in [-0.2, 0) is 6.61 Å². The Morgan fingerprint density at radius 1 is 1.50 bits per heavy atom. The smallest absolute Gasteiger partial charge is 0.128 e. The van der Waals surface area contributed by atoms with Gasteiger partial charge in [-0.15, -0.1) is 0 Å². The van der Waals surface area contributed by atoms with Gasteiger partial charge in [-0.3, -0.25) is 4.98 Å². The fourth-order valence-electron chi connectivity index (χ4n) is 1.49. The first-order valence-corrected chi connectivity index (χ1v) is 4.75. The third-order valence-electron chi connectivity index (χ3n) is 2.37. The van der Waals surface area contributed by atoms with Gasteiger partial charge in [-0.25, -0.2) is 0 Å². The molecule has 1 aromatic heterocycles. The molecule has 0 radical (unpaired) electrons. The zero-order valence-electron chi connectivity index (χ0n) is 9.16. The number of aliphatic hydroxyl groups is 1. The number of ether oxygens (including phenoxy) is 1. The van der Waals surface area contributed by atoms with E-state index in [1.807, 2.05) is 6.92 Å². The van der Waals surface area contributed by atoms with E-state index >= 15 is 0 Å². The molecular weight excluding hydrogens is 178 g/mol. The third kappa shape index (κ3) is 1.87. The minimum absolute atomic E-state index is 0.0411. The van der Waals surface area contributed by atoms with Gasteiger partial charge in [0.05, 0.1) is 19.4 Å². The molecule has 0 spiro atoms. The summed E-state index contributed by atoms with van der Waals surface area (Å²) in [5.74, 6) is 1.22. The van der Waals surface area contributed by atoms with Gasteiger partial charge in [0.2, 0.25) is 0 Å². The molecule has 78 valence electrons. The van der Waals surface area contributed by atoms with Crippen LogP contribution >= 0.6 is 0 Å². The van der Waals surface area contributed by atoms with E-state index < -0.39 is 0 Å². The number of aliphatic hydroxyl groups excluding tert-OH is 1. The van der Waals surface area contributed by atoms with Crippen LogP contribution in [0.4, 0.5) is 0 Å². The molecule has 0 aliphatic heterocycles. The molecule has 0 atom stereocenters. The average molecular weight is 195 g/mol. The minimum atomic E-state index is -0.0411. The van der Waals surface area contributed by atoms with E-state index in [9.17, 15) is 0 Å². The molecule has 0 amide bonds. The molecule has 3 heteroatoms.